The van der Waals surface area contributed by atoms with E-state index in [4.69, 9.17) is 0 Å². The molecule has 27 heavy (non-hydrogen) atoms. The maximum atomic E-state index is 3.64. The van der Waals surface area contributed by atoms with Crippen LogP contribution < -0.4 is 5.32 Å². The third-order valence-corrected chi connectivity index (χ3v) is 5.05. The van der Waals surface area contributed by atoms with E-state index in [1.54, 1.807) is 0 Å². The molecule has 3 aromatic rings. The second-order valence-electron chi connectivity index (χ2n) is 7.30. The molecule has 0 aliphatic carbocycles. The summed E-state index contributed by atoms with van der Waals surface area (Å²) in [6.45, 7) is 4.41. The maximum absolute atomic E-state index is 3.64. The molecule has 0 saturated carbocycles. The fraction of sp³-hybridized carbons (Fsp3) is 0.154. The standard InChI is InChI=1S/C26H25N/c1-19-9-8-13-22-12-6-7-14-24(22)25-18-23(21-10-4-3-5-11-21)15-16-26(25)27-20(2)17-19/h3-8,10-19,27H,9H2,1-2H3/b13-8-,20-17?. The minimum Gasteiger partial charge on any atom is -0.359 e. The van der Waals surface area contributed by atoms with Gasteiger partial charge >= 0.3 is 0 Å². The van der Waals surface area contributed by atoms with Gasteiger partial charge in [-0.05, 0) is 53.6 Å². The molecule has 1 N–H and O–H groups in total. The van der Waals surface area contributed by atoms with Gasteiger partial charge in [-0.1, -0.05) is 85.8 Å². The molecule has 3 aromatic carbocycles. The molecule has 0 radical (unpaired) electrons. The van der Waals surface area contributed by atoms with Crippen LogP contribution in [0.5, 0.6) is 0 Å². The van der Waals surface area contributed by atoms with Crippen LogP contribution in [0.25, 0.3) is 28.3 Å². The maximum Gasteiger partial charge on any atom is 0.0461 e. The minimum absolute atomic E-state index is 0.506. The molecule has 1 atom stereocenters. The van der Waals surface area contributed by atoms with Gasteiger partial charge in [0.05, 0.1) is 0 Å². The molecular weight excluding hydrogens is 326 g/mol. The van der Waals surface area contributed by atoms with E-state index in [0.717, 1.165) is 12.1 Å². The van der Waals surface area contributed by atoms with Gasteiger partial charge in [-0.25, -0.2) is 0 Å². The average Bonchev–Trinajstić information content (AvgIpc) is 2.71. The molecule has 0 aromatic heterocycles. The minimum atomic E-state index is 0.506. The lowest BCUT2D eigenvalue weighted by Crippen LogP contribution is -2.00. The van der Waals surface area contributed by atoms with E-state index < -0.39 is 0 Å². The van der Waals surface area contributed by atoms with Gasteiger partial charge in [0.25, 0.3) is 0 Å². The molecular formula is C26H25N. The lowest BCUT2D eigenvalue weighted by Gasteiger charge is -2.16. The zero-order valence-corrected chi connectivity index (χ0v) is 15.9. The predicted molar refractivity (Wildman–Crippen MR) is 118 cm³/mol. The van der Waals surface area contributed by atoms with Crippen molar-refractivity contribution in [3.05, 3.63) is 96.2 Å². The second kappa shape index (κ2) is 7.67. The highest BCUT2D eigenvalue weighted by molar-refractivity contribution is 5.88. The van der Waals surface area contributed by atoms with Crippen molar-refractivity contribution in [2.24, 2.45) is 5.92 Å². The number of nitrogens with one attached hydrogen (secondary N) is 1. The number of fused-ring (bicyclic) bond motifs is 3. The number of anilines is 1. The summed E-state index contributed by atoms with van der Waals surface area (Å²) in [5.74, 6) is 0.506. The summed E-state index contributed by atoms with van der Waals surface area (Å²) < 4.78 is 0. The SMILES string of the molecule is CC1=CC(C)C/C=C\c2ccccc2-c2cc(-c3ccccc3)ccc2N1. The number of hydrogen-bond acceptors (Lipinski definition) is 1. The van der Waals surface area contributed by atoms with Gasteiger partial charge in [-0.3, -0.25) is 0 Å². The predicted octanol–water partition coefficient (Wildman–Crippen LogP) is 7.39. The van der Waals surface area contributed by atoms with Crippen molar-refractivity contribution >= 4 is 11.8 Å². The van der Waals surface area contributed by atoms with Crippen LogP contribution in [-0.2, 0) is 0 Å². The Kier molecular flexibility index (Phi) is 4.93. The average molecular weight is 351 g/mol. The third kappa shape index (κ3) is 3.88. The highest BCUT2D eigenvalue weighted by Gasteiger charge is 2.12. The first-order chi connectivity index (χ1) is 13.2. The Morgan fingerprint density at radius 3 is 2.44 bits per heavy atom. The van der Waals surface area contributed by atoms with Crippen LogP contribution in [0, 0.1) is 5.92 Å². The van der Waals surface area contributed by atoms with Gasteiger partial charge in [-0.15, -0.1) is 0 Å². The molecule has 0 spiro atoms. The molecule has 0 fully saturated rings. The highest BCUT2D eigenvalue weighted by Crippen LogP contribution is 2.36. The number of rotatable bonds is 1. The van der Waals surface area contributed by atoms with Crippen molar-refractivity contribution in [2.45, 2.75) is 20.3 Å². The Morgan fingerprint density at radius 1 is 0.815 bits per heavy atom. The van der Waals surface area contributed by atoms with Crippen molar-refractivity contribution in [3.8, 4) is 22.3 Å². The van der Waals surface area contributed by atoms with Crippen LogP contribution in [0.1, 0.15) is 25.8 Å². The van der Waals surface area contributed by atoms with Crippen molar-refractivity contribution in [1.29, 1.82) is 0 Å². The monoisotopic (exact) mass is 351 g/mol. The van der Waals surface area contributed by atoms with Crippen LogP contribution in [-0.4, -0.2) is 0 Å². The van der Waals surface area contributed by atoms with Gasteiger partial charge < -0.3 is 5.32 Å². The molecule has 1 nitrogen and oxygen atoms in total. The second-order valence-corrected chi connectivity index (χ2v) is 7.30. The van der Waals surface area contributed by atoms with Gasteiger partial charge in [0.2, 0.25) is 0 Å². The molecule has 0 amide bonds. The zero-order valence-electron chi connectivity index (χ0n) is 15.9. The summed E-state index contributed by atoms with van der Waals surface area (Å²) in [7, 11) is 0. The lowest BCUT2D eigenvalue weighted by atomic mass is 9.94. The van der Waals surface area contributed by atoms with Crippen molar-refractivity contribution in [3.63, 3.8) is 0 Å². The summed E-state index contributed by atoms with van der Waals surface area (Å²) in [4.78, 5) is 0. The largest absolute Gasteiger partial charge is 0.359 e. The number of allylic oxidation sites excluding steroid dienone is 3. The molecule has 1 aliphatic rings. The fourth-order valence-corrected chi connectivity index (χ4v) is 3.73. The van der Waals surface area contributed by atoms with E-state index in [9.17, 15) is 0 Å². The van der Waals surface area contributed by atoms with E-state index in [1.807, 2.05) is 0 Å². The zero-order chi connectivity index (χ0) is 18.6. The summed E-state index contributed by atoms with van der Waals surface area (Å²) in [5, 5.41) is 3.64. The van der Waals surface area contributed by atoms with Gasteiger partial charge in [0.1, 0.15) is 0 Å². The molecule has 134 valence electrons. The molecule has 1 heterocycles. The Bertz CT molecular complexity index is 996. The topological polar surface area (TPSA) is 12.0 Å². The molecule has 0 saturated heterocycles. The lowest BCUT2D eigenvalue weighted by molar-refractivity contribution is 0.740. The van der Waals surface area contributed by atoms with Crippen molar-refractivity contribution < 1.29 is 0 Å². The van der Waals surface area contributed by atoms with E-state index in [1.165, 1.54) is 33.5 Å². The molecule has 1 heteroatoms. The van der Waals surface area contributed by atoms with E-state index >= 15 is 0 Å². The van der Waals surface area contributed by atoms with Crippen LogP contribution in [0.3, 0.4) is 0 Å². The first-order valence-electron chi connectivity index (χ1n) is 9.61. The van der Waals surface area contributed by atoms with Gasteiger partial charge in [0.15, 0.2) is 0 Å². The molecule has 0 bridgehead atoms. The van der Waals surface area contributed by atoms with Crippen LogP contribution >= 0.6 is 0 Å². The number of hydrogen-bond donors (Lipinski definition) is 1. The van der Waals surface area contributed by atoms with E-state index in [0.29, 0.717) is 5.92 Å². The van der Waals surface area contributed by atoms with E-state index in [-0.39, 0.29) is 0 Å². The third-order valence-electron chi connectivity index (χ3n) is 5.05. The summed E-state index contributed by atoms with van der Waals surface area (Å²) in [5.41, 5.74) is 8.58. The molecule has 1 unspecified atom stereocenters. The van der Waals surface area contributed by atoms with Crippen LogP contribution in [0.4, 0.5) is 5.69 Å². The van der Waals surface area contributed by atoms with Crippen LogP contribution in [0.2, 0.25) is 0 Å². The summed E-state index contributed by atoms with van der Waals surface area (Å²) in [6, 6.07) is 25.9. The Morgan fingerprint density at radius 2 is 1.59 bits per heavy atom. The fourth-order valence-electron chi connectivity index (χ4n) is 3.73. The first-order valence-corrected chi connectivity index (χ1v) is 9.61. The van der Waals surface area contributed by atoms with Crippen LogP contribution in [0.15, 0.2) is 90.6 Å². The smallest absolute Gasteiger partial charge is 0.0461 e. The quantitative estimate of drug-likeness (QED) is 0.482. The van der Waals surface area contributed by atoms with Crippen molar-refractivity contribution in [2.75, 3.05) is 5.32 Å². The Labute approximate surface area is 162 Å². The van der Waals surface area contributed by atoms with Gasteiger partial charge in [0, 0.05) is 16.9 Å². The normalized spacial score (nSPS) is 17.6. The van der Waals surface area contributed by atoms with Crippen molar-refractivity contribution in [1.82, 2.24) is 0 Å². The first kappa shape index (κ1) is 17.4. The molecule has 1 aliphatic heterocycles. The molecule has 4 rings (SSSR count). The van der Waals surface area contributed by atoms with E-state index in [2.05, 4.69) is 110 Å². The Balaban J connectivity index is 1.92. The van der Waals surface area contributed by atoms with Gasteiger partial charge in [-0.2, -0.15) is 0 Å². The highest BCUT2D eigenvalue weighted by atomic mass is 14.9. The Hall–Kier alpha value is -3.06. The summed E-state index contributed by atoms with van der Waals surface area (Å²) >= 11 is 0. The summed E-state index contributed by atoms with van der Waals surface area (Å²) in [6.07, 6.45) is 7.91. The number of benzene rings is 3.